The number of para-hydroxylation sites is 1. The van der Waals surface area contributed by atoms with Gasteiger partial charge < -0.3 is 4.74 Å². The Balaban J connectivity index is 2.84. The van der Waals surface area contributed by atoms with Gasteiger partial charge in [-0.1, -0.05) is 23.7 Å². The molecule has 14 heavy (non-hydrogen) atoms. The first-order valence-corrected chi connectivity index (χ1v) is 4.52. The van der Waals surface area contributed by atoms with E-state index in [0.29, 0.717) is 23.7 Å². The zero-order valence-corrected chi connectivity index (χ0v) is 8.54. The normalized spacial score (nSPS) is 9.29. The third-order valence-electron chi connectivity index (χ3n) is 1.81. The number of halogens is 1. The van der Waals surface area contributed by atoms with Crippen LogP contribution >= 0.6 is 11.6 Å². The van der Waals surface area contributed by atoms with Gasteiger partial charge in [0.15, 0.2) is 0 Å². The van der Waals surface area contributed by atoms with Gasteiger partial charge in [-0.3, -0.25) is 0 Å². The van der Waals surface area contributed by atoms with Gasteiger partial charge in [-0.25, -0.2) is 9.79 Å². The van der Waals surface area contributed by atoms with E-state index in [1.165, 1.54) is 6.08 Å². The fourth-order valence-electron chi connectivity index (χ4n) is 1.20. The number of isocyanates is 1. The highest BCUT2D eigenvalue weighted by Gasteiger charge is 2.05. The Kier molecular flexibility index (Phi) is 4.17. The first-order valence-electron chi connectivity index (χ1n) is 4.14. The molecule has 0 aliphatic carbocycles. The quantitative estimate of drug-likeness (QED) is 0.566. The maximum atomic E-state index is 9.87. The van der Waals surface area contributed by atoms with Gasteiger partial charge in [0.1, 0.15) is 5.75 Å². The summed E-state index contributed by atoms with van der Waals surface area (Å²) in [6.07, 6.45) is 2.12. The van der Waals surface area contributed by atoms with Crippen LogP contribution in [0.1, 0.15) is 5.56 Å². The van der Waals surface area contributed by atoms with Crippen LogP contribution in [0, 0.1) is 0 Å². The van der Waals surface area contributed by atoms with Crippen molar-refractivity contribution < 1.29 is 9.53 Å². The number of methoxy groups -OCH3 is 1. The number of nitrogens with zero attached hydrogens (tertiary/aromatic N) is 1. The molecule has 0 bridgehead atoms. The molecule has 0 heterocycles. The third-order valence-corrected chi connectivity index (χ3v) is 2.11. The molecule has 0 spiro atoms. The lowest BCUT2D eigenvalue weighted by Crippen LogP contribution is -1.95. The molecule has 0 fully saturated rings. The minimum absolute atomic E-state index is 0.403. The second kappa shape index (κ2) is 5.43. The Bertz CT molecular complexity index is 359. The van der Waals surface area contributed by atoms with Gasteiger partial charge in [-0.05, 0) is 18.1 Å². The summed E-state index contributed by atoms with van der Waals surface area (Å²) in [6, 6.07) is 5.49. The number of ether oxygens (including phenoxy) is 1. The van der Waals surface area contributed by atoms with Crippen molar-refractivity contribution in [3.8, 4) is 5.75 Å². The minimum Gasteiger partial charge on any atom is -0.495 e. The zero-order chi connectivity index (χ0) is 10.4. The Morgan fingerprint density at radius 1 is 1.57 bits per heavy atom. The first-order chi connectivity index (χ1) is 6.79. The van der Waals surface area contributed by atoms with Crippen LogP contribution in [0.5, 0.6) is 5.75 Å². The number of aliphatic imine (C=N–C) groups is 1. The minimum atomic E-state index is 0.403. The number of hydrogen-bond donors (Lipinski definition) is 0. The lowest BCUT2D eigenvalue weighted by molar-refractivity contribution is 0.410. The second-order valence-corrected chi connectivity index (χ2v) is 3.06. The van der Waals surface area contributed by atoms with Crippen molar-refractivity contribution in [1.29, 1.82) is 0 Å². The van der Waals surface area contributed by atoms with Crippen LogP contribution in [-0.2, 0) is 11.2 Å². The number of carbonyl (C=O) groups excluding carboxylic acids is 1. The van der Waals surface area contributed by atoms with Crippen molar-refractivity contribution in [3.05, 3.63) is 28.8 Å². The van der Waals surface area contributed by atoms with E-state index in [1.54, 1.807) is 13.2 Å². The summed E-state index contributed by atoms with van der Waals surface area (Å²) in [5.74, 6) is 0.648. The molecule has 3 nitrogen and oxygen atoms in total. The summed E-state index contributed by atoms with van der Waals surface area (Å²) in [5.41, 5.74) is 0.944. The summed E-state index contributed by atoms with van der Waals surface area (Å²) < 4.78 is 5.13. The molecule has 0 saturated carbocycles. The average Bonchev–Trinajstić information content (AvgIpc) is 2.18. The largest absolute Gasteiger partial charge is 0.495 e. The van der Waals surface area contributed by atoms with E-state index >= 15 is 0 Å². The first kappa shape index (κ1) is 10.8. The highest BCUT2D eigenvalue weighted by Crippen LogP contribution is 2.28. The Hall–Kier alpha value is -1.31. The van der Waals surface area contributed by atoms with Gasteiger partial charge in [0.25, 0.3) is 0 Å². The highest BCUT2D eigenvalue weighted by atomic mass is 35.5. The van der Waals surface area contributed by atoms with Crippen LogP contribution in [0.15, 0.2) is 23.2 Å². The Labute approximate surface area is 87.4 Å². The fraction of sp³-hybridized carbons (Fsp3) is 0.300. The molecule has 1 rings (SSSR count). The predicted octanol–water partition coefficient (Wildman–Crippen LogP) is 2.23. The van der Waals surface area contributed by atoms with Crippen molar-refractivity contribution in [1.82, 2.24) is 0 Å². The van der Waals surface area contributed by atoms with Crippen LogP contribution in [0.3, 0.4) is 0 Å². The SMILES string of the molecule is COc1c(Cl)cccc1CCN=C=O. The van der Waals surface area contributed by atoms with E-state index in [0.717, 1.165) is 5.56 Å². The van der Waals surface area contributed by atoms with Gasteiger partial charge in [0, 0.05) is 0 Å². The van der Waals surface area contributed by atoms with Gasteiger partial charge in [-0.15, -0.1) is 0 Å². The van der Waals surface area contributed by atoms with E-state index in [4.69, 9.17) is 16.3 Å². The number of rotatable bonds is 4. The molecule has 0 aliphatic heterocycles. The number of benzene rings is 1. The highest BCUT2D eigenvalue weighted by molar-refractivity contribution is 6.32. The Morgan fingerprint density at radius 3 is 3.00 bits per heavy atom. The second-order valence-electron chi connectivity index (χ2n) is 2.66. The van der Waals surface area contributed by atoms with E-state index < -0.39 is 0 Å². The molecular weight excluding hydrogens is 202 g/mol. The van der Waals surface area contributed by atoms with Gasteiger partial charge in [-0.2, -0.15) is 0 Å². The molecule has 0 N–H and O–H groups in total. The molecule has 0 radical (unpaired) electrons. The molecule has 74 valence electrons. The molecule has 1 aromatic rings. The molecule has 0 aliphatic rings. The molecule has 0 unspecified atom stereocenters. The zero-order valence-electron chi connectivity index (χ0n) is 7.79. The van der Waals surface area contributed by atoms with Crippen LogP contribution in [0.2, 0.25) is 5.02 Å². The Morgan fingerprint density at radius 2 is 2.36 bits per heavy atom. The van der Waals surface area contributed by atoms with E-state index in [2.05, 4.69) is 4.99 Å². The smallest absolute Gasteiger partial charge is 0.234 e. The van der Waals surface area contributed by atoms with Crippen LogP contribution < -0.4 is 4.74 Å². The van der Waals surface area contributed by atoms with E-state index in [9.17, 15) is 4.79 Å². The summed E-state index contributed by atoms with van der Waals surface area (Å²) in [6.45, 7) is 0.403. The number of hydrogen-bond acceptors (Lipinski definition) is 3. The van der Waals surface area contributed by atoms with Gasteiger partial charge >= 0.3 is 0 Å². The molecule has 0 amide bonds. The van der Waals surface area contributed by atoms with Gasteiger partial charge in [0.05, 0.1) is 18.7 Å². The van der Waals surface area contributed by atoms with Crippen LogP contribution in [0.4, 0.5) is 0 Å². The summed E-state index contributed by atoms with van der Waals surface area (Å²) in [4.78, 5) is 13.3. The predicted molar refractivity (Wildman–Crippen MR) is 54.7 cm³/mol. The monoisotopic (exact) mass is 211 g/mol. The maximum absolute atomic E-state index is 9.87. The van der Waals surface area contributed by atoms with Gasteiger partial charge in [0.2, 0.25) is 6.08 Å². The standard InChI is InChI=1S/C10H10ClNO2/c1-14-10-8(5-6-12-7-13)3-2-4-9(10)11/h2-4H,5-6H2,1H3. The molecular formula is C10H10ClNO2. The third kappa shape index (κ3) is 2.59. The molecule has 0 atom stereocenters. The summed E-state index contributed by atoms with van der Waals surface area (Å²) in [5, 5.41) is 0.570. The maximum Gasteiger partial charge on any atom is 0.234 e. The molecule has 4 heteroatoms. The lowest BCUT2D eigenvalue weighted by atomic mass is 10.1. The van der Waals surface area contributed by atoms with Crippen molar-refractivity contribution >= 4 is 17.7 Å². The van der Waals surface area contributed by atoms with Crippen molar-refractivity contribution in [2.45, 2.75) is 6.42 Å². The fourth-order valence-corrected chi connectivity index (χ4v) is 1.47. The van der Waals surface area contributed by atoms with Crippen molar-refractivity contribution in [2.75, 3.05) is 13.7 Å². The molecule has 1 aromatic carbocycles. The lowest BCUT2D eigenvalue weighted by Gasteiger charge is -2.08. The topological polar surface area (TPSA) is 38.7 Å². The van der Waals surface area contributed by atoms with Crippen molar-refractivity contribution in [2.24, 2.45) is 4.99 Å². The van der Waals surface area contributed by atoms with Crippen LogP contribution in [0.25, 0.3) is 0 Å². The summed E-state index contributed by atoms with van der Waals surface area (Å²) in [7, 11) is 1.56. The average molecular weight is 212 g/mol. The molecule has 0 saturated heterocycles. The molecule has 0 aromatic heterocycles. The van der Waals surface area contributed by atoms with Crippen LogP contribution in [-0.4, -0.2) is 19.7 Å². The van der Waals surface area contributed by atoms with E-state index in [-0.39, 0.29) is 0 Å². The van der Waals surface area contributed by atoms with E-state index in [1.807, 2.05) is 12.1 Å². The summed E-state index contributed by atoms with van der Waals surface area (Å²) >= 11 is 5.91. The van der Waals surface area contributed by atoms with Crippen molar-refractivity contribution in [3.63, 3.8) is 0 Å².